The lowest BCUT2D eigenvalue weighted by atomic mass is 10.0. The molecule has 1 atom stereocenters. The number of rotatable bonds is 6. The van der Waals surface area contributed by atoms with E-state index < -0.39 is 10.0 Å². The van der Waals surface area contributed by atoms with Gasteiger partial charge in [0.1, 0.15) is 11.6 Å². The van der Waals surface area contributed by atoms with Crippen LogP contribution < -0.4 is 20.7 Å². The number of nitrogens with one attached hydrogen (secondary N) is 2. The minimum Gasteiger partial charge on any atom is -0.368 e. The number of piperidine rings is 1. The molecule has 1 aliphatic heterocycles. The summed E-state index contributed by atoms with van der Waals surface area (Å²) in [5, 5.41) is 4.81. The molecule has 2 aromatic heterocycles. The molecule has 1 aromatic carbocycles. The highest BCUT2D eigenvalue weighted by molar-refractivity contribution is 7.88. The van der Waals surface area contributed by atoms with Crippen LogP contribution >= 0.6 is 11.6 Å². The fourth-order valence-electron chi connectivity index (χ4n) is 4.09. The summed E-state index contributed by atoms with van der Waals surface area (Å²) in [5.41, 5.74) is 7.46. The molecule has 10 nitrogen and oxygen atoms in total. The van der Waals surface area contributed by atoms with Gasteiger partial charge in [0.25, 0.3) is 0 Å². The highest BCUT2D eigenvalue weighted by Crippen LogP contribution is 2.34. The summed E-state index contributed by atoms with van der Waals surface area (Å²) in [5.74, 6) is 1.87. The van der Waals surface area contributed by atoms with Gasteiger partial charge in [-0.05, 0) is 38.8 Å². The first kappa shape index (κ1) is 23.4. The molecule has 176 valence electrons. The van der Waals surface area contributed by atoms with E-state index in [1.165, 1.54) is 6.26 Å². The standard InChI is InChI=1S/C21H27ClN8O2S/c1-12(24-21-26-13(2)25-20(23)28-21)16-11-14-5-4-6-17(22)18(14)27-19(16)30-9-7-15(8-10-30)29-33(3,31)32/h4-6,11-12,15,29H,7-10H2,1-3H3,(H3,23,24,25,26,28). The number of pyridine rings is 1. The molecule has 0 saturated carbocycles. The Hall–Kier alpha value is -2.76. The van der Waals surface area contributed by atoms with Crippen molar-refractivity contribution < 1.29 is 8.42 Å². The van der Waals surface area contributed by atoms with Gasteiger partial charge >= 0.3 is 0 Å². The van der Waals surface area contributed by atoms with Crippen molar-refractivity contribution in [3.63, 3.8) is 0 Å². The molecule has 4 rings (SSSR count). The Morgan fingerprint density at radius 2 is 1.91 bits per heavy atom. The molecule has 4 N–H and O–H groups in total. The van der Waals surface area contributed by atoms with Crippen molar-refractivity contribution in [2.75, 3.05) is 35.3 Å². The summed E-state index contributed by atoms with van der Waals surface area (Å²) in [6.07, 6.45) is 2.55. The van der Waals surface area contributed by atoms with Crippen molar-refractivity contribution in [1.82, 2.24) is 24.7 Å². The maximum absolute atomic E-state index is 11.6. The Morgan fingerprint density at radius 1 is 1.18 bits per heavy atom. The van der Waals surface area contributed by atoms with Crippen LogP contribution in [0.1, 0.15) is 37.2 Å². The van der Waals surface area contributed by atoms with E-state index in [2.05, 4.69) is 36.0 Å². The zero-order valence-electron chi connectivity index (χ0n) is 18.7. The monoisotopic (exact) mass is 490 g/mol. The zero-order chi connectivity index (χ0) is 23.8. The maximum Gasteiger partial charge on any atom is 0.228 e. The van der Waals surface area contributed by atoms with Crippen LogP contribution in [0.15, 0.2) is 24.3 Å². The van der Waals surface area contributed by atoms with Crippen LogP contribution in [0, 0.1) is 6.92 Å². The van der Waals surface area contributed by atoms with Gasteiger partial charge in [0.05, 0.1) is 22.8 Å². The minimum absolute atomic E-state index is 0.0875. The largest absolute Gasteiger partial charge is 0.368 e. The number of para-hydroxylation sites is 1. The van der Waals surface area contributed by atoms with Gasteiger partial charge in [-0.25, -0.2) is 18.1 Å². The first-order valence-electron chi connectivity index (χ1n) is 10.6. The van der Waals surface area contributed by atoms with E-state index >= 15 is 0 Å². The Balaban J connectivity index is 1.67. The lowest BCUT2D eigenvalue weighted by Gasteiger charge is -2.35. The van der Waals surface area contributed by atoms with Gasteiger partial charge in [0.2, 0.25) is 21.9 Å². The van der Waals surface area contributed by atoms with Gasteiger partial charge in [-0.3, -0.25) is 0 Å². The van der Waals surface area contributed by atoms with Crippen molar-refractivity contribution in [2.45, 2.75) is 38.8 Å². The Bertz CT molecular complexity index is 1260. The third kappa shape index (κ3) is 5.60. The number of aromatic nitrogens is 4. The summed E-state index contributed by atoms with van der Waals surface area (Å²) in [6.45, 7) is 5.08. The molecule has 3 aromatic rings. The van der Waals surface area contributed by atoms with E-state index in [1.54, 1.807) is 6.92 Å². The van der Waals surface area contributed by atoms with Crippen molar-refractivity contribution >= 4 is 50.2 Å². The number of anilines is 3. The predicted molar refractivity (Wildman–Crippen MR) is 131 cm³/mol. The number of halogens is 1. The van der Waals surface area contributed by atoms with Gasteiger partial charge in [0.15, 0.2) is 0 Å². The first-order valence-corrected chi connectivity index (χ1v) is 12.9. The summed E-state index contributed by atoms with van der Waals surface area (Å²) < 4.78 is 25.9. The number of hydrogen-bond donors (Lipinski definition) is 3. The van der Waals surface area contributed by atoms with E-state index in [1.807, 2.05) is 25.1 Å². The molecule has 1 aliphatic rings. The molecule has 0 spiro atoms. The molecular formula is C21H27ClN8O2S. The Morgan fingerprint density at radius 3 is 2.58 bits per heavy atom. The third-order valence-corrected chi connectivity index (χ3v) is 6.62. The number of aryl methyl sites for hydroxylation is 1. The van der Waals surface area contributed by atoms with Gasteiger partial charge in [-0.2, -0.15) is 15.0 Å². The van der Waals surface area contributed by atoms with Crippen LogP contribution in [0.3, 0.4) is 0 Å². The number of hydrogen-bond acceptors (Lipinski definition) is 9. The summed E-state index contributed by atoms with van der Waals surface area (Å²) in [4.78, 5) is 19.6. The highest BCUT2D eigenvalue weighted by atomic mass is 35.5. The quantitative estimate of drug-likeness (QED) is 0.475. The molecular weight excluding hydrogens is 464 g/mol. The van der Waals surface area contributed by atoms with E-state index in [0.29, 0.717) is 42.7 Å². The smallest absolute Gasteiger partial charge is 0.228 e. The van der Waals surface area contributed by atoms with E-state index in [-0.39, 0.29) is 18.0 Å². The van der Waals surface area contributed by atoms with Crippen molar-refractivity contribution in [3.8, 4) is 0 Å². The summed E-state index contributed by atoms with van der Waals surface area (Å²) in [6, 6.07) is 7.48. The lowest BCUT2D eigenvalue weighted by molar-refractivity contribution is 0.459. The number of benzene rings is 1. The fourth-order valence-corrected chi connectivity index (χ4v) is 5.16. The second-order valence-corrected chi connectivity index (χ2v) is 10.5. The molecule has 1 saturated heterocycles. The van der Waals surface area contributed by atoms with Crippen LogP contribution in [0.4, 0.5) is 17.7 Å². The molecule has 33 heavy (non-hydrogen) atoms. The molecule has 1 unspecified atom stereocenters. The third-order valence-electron chi connectivity index (χ3n) is 5.56. The number of sulfonamides is 1. The average Bonchev–Trinajstić information content (AvgIpc) is 2.72. The van der Waals surface area contributed by atoms with Crippen LogP contribution in [-0.2, 0) is 10.0 Å². The van der Waals surface area contributed by atoms with E-state index in [4.69, 9.17) is 22.3 Å². The van der Waals surface area contributed by atoms with Gasteiger partial charge in [0, 0.05) is 30.1 Å². The summed E-state index contributed by atoms with van der Waals surface area (Å²) in [7, 11) is -3.24. The average molecular weight is 491 g/mol. The van der Waals surface area contributed by atoms with Crippen molar-refractivity contribution in [3.05, 3.63) is 40.7 Å². The number of fused-ring (bicyclic) bond motifs is 1. The van der Waals surface area contributed by atoms with Crippen LogP contribution in [0.5, 0.6) is 0 Å². The predicted octanol–water partition coefficient (Wildman–Crippen LogP) is 2.65. The lowest BCUT2D eigenvalue weighted by Crippen LogP contribution is -2.45. The van der Waals surface area contributed by atoms with Crippen LogP contribution in [-0.4, -0.2) is 53.7 Å². The molecule has 0 aliphatic carbocycles. The van der Waals surface area contributed by atoms with Gasteiger partial charge in [-0.15, -0.1) is 0 Å². The minimum atomic E-state index is -3.24. The van der Waals surface area contributed by atoms with Crippen LogP contribution in [0.2, 0.25) is 5.02 Å². The number of nitrogens with zero attached hydrogens (tertiary/aromatic N) is 5. The fraction of sp³-hybridized carbons (Fsp3) is 0.429. The molecule has 3 heterocycles. The van der Waals surface area contributed by atoms with Crippen molar-refractivity contribution in [1.29, 1.82) is 0 Å². The SMILES string of the molecule is Cc1nc(N)nc(NC(C)c2cc3cccc(Cl)c3nc2N2CCC(NS(C)(=O)=O)CC2)n1. The second kappa shape index (κ2) is 9.24. The number of nitrogens with two attached hydrogens (primary N) is 1. The molecule has 12 heteroatoms. The topological polar surface area (TPSA) is 139 Å². The van der Waals surface area contributed by atoms with Gasteiger partial charge < -0.3 is 16.0 Å². The first-order chi connectivity index (χ1) is 15.6. The normalized spacial score (nSPS) is 16.2. The van der Waals surface area contributed by atoms with Gasteiger partial charge in [-0.1, -0.05) is 23.7 Å². The summed E-state index contributed by atoms with van der Waals surface area (Å²) >= 11 is 6.45. The maximum atomic E-state index is 11.6. The Labute approximate surface area is 198 Å². The molecule has 0 radical (unpaired) electrons. The Kier molecular flexibility index (Phi) is 6.55. The van der Waals surface area contributed by atoms with E-state index in [9.17, 15) is 8.42 Å². The second-order valence-electron chi connectivity index (χ2n) is 8.29. The molecule has 1 fully saturated rings. The highest BCUT2D eigenvalue weighted by Gasteiger charge is 2.26. The van der Waals surface area contributed by atoms with Crippen molar-refractivity contribution in [2.24, 2.45) is 0 Å². The molecule has 0 amide bonds. The molecule has 0 bridgehead atoms. The van der Waals surface area contributed by atoms with E-state index in [0.717, 1.165) is 22.3 Å². The number of nitrogen functional groups attached to an aromatic ring is 1. The zero-order valence-corrected chi connectivity index (χ0v) is 20.3. The van der Waals surface area contributed by atoms with Crippen LogP contribution in [0.25, 0.3) is 10.9 Å².